The van der Waals surface area contributed by atoms with Gasteiger partial charge in [-0.15, -0.1) is 11.6 Å². The van der Waals surface area contributed by atoms with Gasteiger partial charge in [0.1, 0.15) is 0 Å². The second-order valence-electron chi connectivity index (χ2n) is 5.60. The SMILES string of the molecule is C1CNCCN1.N#CCCCl.N#CCCN1CCN(CCC#N)CC1. The fraction of sp³-hybridized carbons (Fsp3) is 0.824. The van der Waals surface area contributed by atoms with Crippen LogP contribution in [0.2, 0.25) is 0 Å². The van der Waals surface area contributed by atoms with Gasteiger partial charge in [0.2, 0.25) is 0 Å². The number of alkyl halides is 1. The Kier molecular flexibility index (Phi) is 17.9. The Labute approximate surface area is 157 Å². The Bertz CT molecular complexity index is 375. The maximum Gasteiger partial charge on any atom is 0.0635 e. The molecule has 0 aromatic heterocycles. The molecular formula is C17H30ClN7. The molecule has 2 heterocycles. The van der Waals surface area contributed by atoms with Gasteiger partial charge in [0.15, 0.2) is 0 Å². The summed E-state index contributed by atoms with van der Waals surface area (Å²) in [6.45, 7) is 10.5. The lowest BCUT2D eigenvalue weighted by Gasteiger charge is -2.33. The number of nitrogens with zero attached hydrogens (tertiary/aromatic N) is 5. The monoisotopic (exact) mass is 367 g/mol. The lowest BCUT2D eigenvalue weighted by Crippen LogP contribution is -2.46. The molecule has 0 spiro atoms. The number of hydrogen-bond donors (Lipinski definition) is 2. The van der Waals surface area contributed by atoms with Crippen molar-refractivity contribution in [2.75, 3.05) is 71.3 Å². The van der Waals surface area contributed by atoms with Crippen LogP contribution in [0.1, 0.15) is 19.3 Å². The van der Waals surface area contributed by atoms with Crippen LogP contribution in [0.5, 0.6) is 0 Å². The summed E-state index contributed by atoms with van der Waals surface area (Å²) in [6, 6.07) is 6.21. The number of piperazine rings is 2. The molecule has 0 aliphatic carbocycles. The van der Waals surface area contributed by atoms with E-state index in [-0.39, 0.29) is 0 Å². The molecule has 140 valence electrons. The van der Waals surface area contributed by atoms with E-state index in [9.17, 15) is 0 Å². The summed E-state index contributed by atoms with van der Waals surface area (Å²) >= 11 is 5.08. The van der Waals surface area contributed by atoms with Crippen molar-refractivity contribution < 1.29 is 0 Å². The molecule has 0 radical (unpaired) electrons. The normalized spacial score (nSPS) is 17.5. The third-order valence-corrected chi connectivity index (χ3v) is 3.90. The van der Waals surface area contributed by atoms with Crippen LogP contribution in [-0.2, 0) is 0 Å². The molecule has 2 saturated heterocycles. The molecule has 2 aliphatic rings. The molecular weight excluding hydrogens is 338 g/mol. The first-order valence-corrected chi connectivity index (χ1v) is 9.34. The van der Waals surface area contributed by atoms with Gasteiger partial charge < -0.3 is 10.6 Å². The highest BCUT2D eigenvalue weighted by Crippen LogP contribution is 2.02. The number of nitrogens with one attached hydrogen (secondary N) is 2. The Morgan fingerprint density at radius 1 is 0.680 bits per heavy atom. The van der Waals surface area contributed by atoms with Gasteiger partial charge in [-0.3, -0.25) is 9.80 Å². The molecule has 2 aliphatic heterocycles. The molecule has 2 fully saturated rings. The van der Waals surface area contributed by atoms with Crippen LogP contribution < -0.4 is 10.6 Å². The van der Waals surface area contributed by atoms with Gasteiger partial charge in [-0.2, -0.15) is 15.8 Å². The van der Waals surface area contributed by atoms with Crippen LogP contribution in [0.25, 0.3) is 0 Å². The van der Waals surface area contributed by atoms with Crippen LogP contribution in [0.3, 0.4) is 0 Å². The fourth-order valence-corrected chi connectivity index (χ4v) is 2.38. The minimum atomic E-state index is 0.455. The molecule has 0 bridgehead atoms. The third kappa shape index (κ3) is 15.8. The molecule has 7 nitrogen and oxygen atoms in total. The molecule has 8 heteroatoms. The number of halogens is 1. The Hall–Kier alpha value is -1.40. The highest BCUT2D eigenvalue weighted by molar-refractivity contribution is 6.17. The first-order chi connectivity index (χ1) is 12.3. The minimum Gasteiger partial charge on any atom is -0.314 e. The molecule has 0 aromatic carbocycles. The fourth-order valence-electron chi connectivity index (χ4n) is 2.30. The standard InChI is InChI=1S/C10H16N4.C4H10N2.C3H4ClN/c11-3-1-5-13-7-9-14(10-8-13)6-2-4-12;1-2-6-4-3-5-1;4-2-1-3-5/h1-2,5-10H2;5-6H,1-4H2;1-2H2. The maximum atomic E-state index is 8.44. The van der Waals surface area contributed by atoms with E-state index >= 15 is 0 Å². The van der Waals surface area contributed by atoms with Gasteiger partial charge in [0.05, 0.1) is 18.2 Å². The van der Waals surface area contributed by atoms with Gasteiger partial charge in [-0.1, -0.05) is 0 Å². The van der Waals surface area contributed by atoms with E-state index in [1.807, 2.05) is 6.07 Å². The van der Waals surface area contributed by atoms with Crippen LogP contribution in [0, 0.1) is 34.0 Å². The molecule has 0 unspecified atom stereocenters. The predicted octanol–water partition coefficient (Wildman–Crippen LogP) is 0.749. The van der Waals surface area contributed by atoms with Gasteiger partial charge in [0, 0.05) is 90.6 Å². The van der Waals surface area contributed by atoms with Crippen molar-refractivity contribution in [2.45, 2.75) is 19.3 Å². The summed E-state index contributed by atoms with van der Waals surface area (Å²) in [4.78, 5) is 4.62. The zero-order valence-electron chi connectivity index (χ0n) is 15.0. The summed E-state index contributed by atoms with van der Waals surface area (Å²) in [5.74, 6) is 0.455. The largest absolute Gasteiger partial charge is 0.314 e. The first-order valence-electron chi connectivity index (χ1n) is 8.81. The van der Waals surface area contributed by atoms with E-state index in [1.165, 1.54) is 0 Å². The van der Waals surface area contributed by atoms with Gasteiger partial charge in [-0.25, -0.2) is 0 Å². The van der Waals surface area contributed by atoms with Gasteiger partial charge >= 0.3 is 0 Å². The lowest BCUT2D eigenvalue weighted by molar-refractivity contribution is 0.136. The lowest BCUT2D eigenvalue weighted by atomic mass is 10.3. The topological polar surface area (TPSA) is 102 Å². The molecule has 0 atom stereocenters. The van der Waals surface area contributed by atoms with Crippen LogP contribution in [-0.4, -0.2) is 81.1 Å². The van der Waals surface area contributed by atoms with Crippen molar-refractivity contribution in [3.63, 3.8) is 0 Å². The van der Waals surface area contributed by atoms with E-state index in [1.54, 1.807) is 0 Å². The van der Waals surface area contributed by atoms with Crippen LogP contribution >= 0.6 is 11.6 Å². The van der Waals surface area contributed by atoms with Crippen molar-refractivity contribution in [2.24, 2.45) is 0 Å². The van der Waals surface area contributed by atoms with Crippen molar-refractivity contribution in [1.29, 1.82) is 15.8 Å². The van der Waals surface area contributed by atoms with E-state index in [4.69, 9.17) is 27.4 Å². The first kappa shape index (κ1) is 23.6. The van der Waals surface area contributed by atoms with E-state index in [2.05, 4.69) is 32.6 Å². The highest BCUT2D eigenvalue weighted by atomic mass is 35.5. The van der Waals surface area contributed by atoms with Crippen LogP contribution in [0.4, 0.5) is 0 Å². The second-order valence-corrected chi connectivity index (χ2v) is 5.97. The quantitative estimate of drug-likeness (QED) is 0.691. The van der Waals surface area contributed by atoms with E-state index in [0.717, 1.165) is 65.4 Å². The smallest absolute Gasteiger partial charge is 0.0635 e. The van der Waals surface area contributed by atoms with Crippen molar-refractivity contribution in [1.82, 2.24) is 20.4 Å². The minimum absolute atomic E-state index is 0.455. The average Bonchev–Trinajstić information content (AvgIpc) is 2.68. The molecule has 25 heavy (non-hydrogen) atoms. The van der Waals surface area contributed by atoms with Crippen molar-refractivity contribution in [3.8, 4) is 18.2 Å². The average molecular weight is 368 g/mol. The Morgan fingerprint density at radius 2 is 1.04 bits per heavy atom. The predicted molar refractivity (Wildman–Crippen MR) is 100 cm³/mol. The molecule has 0 amide bonds. The van der Waals surface area contributed by atoms with Gasteiger partial charge in [0.25, 0.3) is 0 Å². The molecule has 0 aromatic rings. The maximum absolute atomic E-state index is 8.44. The summed E-state index contributed by atoms with van der Waals surface area (Å²) in [5.41, 5.74) is 0. The number of nitriles is 3. The van der Waals surface area contributed by atoms with Crippen molar-refractivity contribution >= 4 is 11.6 Å². The molecule has 2 rings (SSSR count). The molecule has 2 N–H and O–H groups in total. The summed E-state index contributed by atoms with van der Waals surface area (Å²) in [6.07, 6.45) is 1.71. The van der Waals surface area contributed by atoms with Gasteiger partial charge in [-0.05, 0) is 0 Å². The number of hydrogen-bond acceptors (Lipinski definition) is 7. The Balaban J connectivity index is 0.000000429. The zero-order valence-corrected chi connectivity index (χ0v) is 15.8. The summed E-state index contributed by atoms with van der Waals surface area (Å²) in [7, 11) is 0. The zero-order chi connectivity index (χ0) is 18.6. The Morgan fingerprint density at radius 3 is 1.24 bits per heavy atom. The van der Waals surface area contributed by atoms with Crippen LogP contribution in [0.15, 0.2) is 0 Å². The summed E-state index contributed by atoms with van der Waals surface area (Å²) < 4.78 is 0. The third-order valence-electron chi connectivity index (χ3n) is 3.71. The van der Waals surface area contributed by atoms with Crippen molar-refractivity contribution in [3.05, 3.63) is 0 Å². The highest BCUT2D eigenvalue weighted by Gasteiger charge is 2.15. The van der Waals surface area contributed by atoms with E-state index in [0.29, 0.717) is 25.1 Å². The summed E-state index contributed by atoms with van der Waals surface area (Å²) in [5, 5.41) is 31.1. The molecule has 0 saturated carbocycles. The second kappa shape index (κ2) is 18.9. The van der Waals surface area contributed by atoms with E-state index < -0.39 is 0 Å². The number of rotatable bonds is 5.